The number of likely N-dealkylation sites (N-methyl/N-ethyl adjacent to an activating group) is 1. The molecule has 1 saturated heterocycles. The van der Waals surface area contributed by atoms with Crippen molar-refractivity contribution in [1.82, 2.24) is 14.9 Å². The van der Waals surface area contributed by atoms with Crippen molar-refractivity contribution in [3.63, 3.8) is 0 Å². The molecule has 0 bridgehead atoms. The Labute approximate surface area is 196 Å². The van der Waals surface area contributed by atoms with Crippen molar-refractivity contribution in [2.75, 3.05) is 49.2 Å². The van der Waals surface area contributed by atoms with Crippen LogP contribution < -0.4 is 20.7 Å². The zero-order valence-corrected chi connectivity index (χ0v) is 19.3. The first-order valence-corrected chi connectivity index (χ1v) is 11.2. The van der Waals surface area contributed by atoms with E-state index in [1.54, 1.807) is 18.3 Å². The van der Waals surface area contributed by atoms with Crippen molar-refractivity contribution in [3.8, 4) is 17.0 Å². The van der Waals surface area contributed by atoms with Crippen LogP contribution in [0.4, 0.5) is 26.4 Å². The maximum absolute atomic E-state index is 15.4. The number of amides is 1. The quantitative estimate of drug-likeness (QED) is 0.502. The second-order valence-corrected chi connectivity index (χ2v) is 9.09. The molecule has 0 spiro atoms. The summed E-state index contributed by atoms with van der Waals surface area (Å²) in [7, 11) is 1.97. The number of carboxylic acid groups (broad SMARTS) is 1. The van der Waals surface area contributed by atoms with Gasteiger partial charge in [0.25, 0.3) is 0 Å². The SMILES string of the molecule is Cc1c(-c2cc3cc(N(C(=O)O)[C@H]4CN(C)C[C@H]4C)ncc3c(N)c2F)cnc2c1NCCO2. The first-order valence-electron chi connectivity index (χ1n) is 11.2. The van der Waals surface area contributed by atoms with E-state index in [-0.39, 0.29) is 23.2 Å². The van der Waals surface area contributed by atoms with Gasteiger partial charge >= 0.3 is 6.09 Å². The maximum Gasteiger partial charge on any atom is 0.413 e. The summed E-state index contributed by atoms with van der Waals surface area (Å²) in [6.07, 6.45) is 1.95. The summed E-state index contributed by atoms with van der Waals surface area (Å²) >= 11 is 0. The number of nitrogens with zero attached hydrogens (tertiary/aromatic N) is 4. The summed E-state index contributed by atoms with van der Waals surface area (Å²) in [4.78, 5) is 24.3. The van der Waals surface area contributed by atoms with Crippen LogP contribution in [-0.2, 0) is 0 Å². The summed E-state index contributed by atoms with van der Waals surface area (Å²) in [5, 5.41) is 14.3. The molecule has 10 heteroatoms. The van der Waals surface area contributed by atoms with Crippen LogP contribution in [-0.4, -0.2) is 65.4 Å². The molecule has 1 fully saturated rings. The third-order valence-corrected chi connectivity index (χ3v) is 6.76. The largest absolute Gasteiger partial charge is 0.474 e. The lowest BCUT2D eigenvalue weighted by Gasteiger charge is -2.28. The van der Waals surface area contributed by atoms with Crippen LogP contribution >= 0.6 is 0 Å². The molecule has 2 aliphatic rings. The number of carbonyl (C=O) groups is 1. The smallest absolute Gasteiger partial charge is 0.413 e. The normalized spacial score (nSPS) is 20.0. The molecule has 0 saturated carbocycles. The van der Waals surface area contributed by atoms with E-state index in [1.165, 1.54) is 11.1 Å². The van der Waals surface area contributed by atoms with Crippen molar-refractivity contribution in [2.45, 2.75) is 19.9 Å². The number of nitrogens with two attached hydrogens (primary N) is 1. The molecule has 178 valence electrons. The minimum absolute atomic E-state index is 0.0382. The average Bonchev–Trinajstić information content (AvgIpc) is 3.14. The topological polar surface area (TPSA) is 117 Å². The number of rotatable bonds is 3. The van der Waals surface area contributed by atoms with Gasteiger partial charge in [0, 0.05) is 48.5 Å². The molecule has 4 heterocycles. The average molecular weight is 467 g/mol. The molecule has 0 radical (unpaired) electrons. The van der Waals surface area contributed by atoms with Gasteiger partial charge in [-0.25, -0.2) is 19.2 Å². The highest BCUT2D eigenvalue weighted by Crippen LogP contribution is 2.40. The highest BCUT2D eigenvalue weighted by atomic mass is 19.1. The highest BCUT2D eigenvalue weighted by Gasteiger charge is 2.36. The number of fused-ring (bicyclic) bond motifs is 2. The Morgan fingerprint density at radius 2 is 2.09 bits per heavy atom. The van der Waals surface area contributed by atoms with Gasteiger partial charge in [0.1, 0.15) is 18.1 Å². The minimum atomic E-state index is -1.07. The first kappa shape index (κ1) is 22.1. The number of hydrogen-bond donors (Lipinski definition) is 3. The lowest BCUT2D eigenvalue weighted by Crippen LogP contribution is -2.44. The summed E-state index contributed by atoms with van der Waals surface area (Å²) in [5.41, 5.74) is 8.55. The molecule has 0 aliphatic carbocycles. The van der Waals surface area contributed by atoms with Gasteiger partial charge in [0.05, 0.1) is 11.7 Å². The van der Waals surface area contributed by atoms with Crippen molar-refractivity contribution in [1.29, 1.82) is 0 Å². The predicted molar refractivity (Wildman–Crippen MR) is 129 cm³/mol. The second kappa shape index (κ2) is 8.28. The summed E-state index contributed by atoms with van der Waals surface area (Å²) in [5.74, 6) is 0.358. The van der Waals surface area contributed by atoms with Gasteiger partial charge < -0.3 is 25.8 Å². The molecule has 5 rings (SSSR count). The molecule has 2 aromatic heterocycles. The third-order valence-electron chi connectivity index (χ3n) is 6.76. The number of nitrogens with one attached hydrogen (secondary N) is 1. The Bertz CT molecular complexity index is 1300. The van der Waals surface area contributed by atoms with Crippen LogP contribution in [0.2, 0.25) is 0 Å². The number of likely N-dealkylation sites (tertiary alicyclic amines) is 1. The van der Waals surface area contributed by atoms with E-state index in [0.717, 1.165) is 17.8 Å². The zero-order valence-electron chi connectivity index (χ0n) is 19.3. The molecular weight excluding hydrogens is 439 g/mol. The molecule has 0 unspecified atom stereocenters. The van der Waals surface area contributed by atoms with Gasteiger partial charge in [-0.2, -0.15) is 0 Å². The summed E-state index contributed by atoms with van der Waals surface area (Å²) < 4.78 is 21.0. The van der Waals surface area contributed by atoms with E-state index in [2.05, 4.69) is 20.2 Å². The number of pyridine rings is 2. The molecular formula is C24H27FN6O3. The monoisotopic (exact) mass is 466 g/mol. The van der Waals surface area contributed by atoms with E-state index in [0.29, 0.717) is 47.7 Å². The molecule has 4 N–H and O–H groups in total. The Balaban J connectivity index is 1.64. The van der Waals surface area contributed by atoms with Gasteiger partial charge in [0.2, 0.25) is 5.88 Å². The van der Waals surface area contributed by atoms with Crippen molar-refractivity contribution in [2.24, 2.45) is 5.92 Å². The number of ether oxygens (including phenoxy) is 1. The third kappa shape index (κ3) is 3.54. The lowest BCUT2D eigenvalue weighted by atomic mass is 9.97. The maximum atomic E-state index is 15.4. The zero-order chi connectivity index (χ0) is 24.1. The number of halogens is 1. The van der Waals surface area contributed by atoms with E-state index >= 15 is 4.39 Å². The van der Waals surface area contributed by atoms with E-state index in [4.69, 9.17) is 10.5 Å². The lowest BCUT2D eigenvalue weighted by molar-refractivity contribution is 0.197. The Morgan fingerprint density at radius 3 is 2.79 bits per heavy atom. The highest BCUT2D eigenvalue weighted by molar-refractivity contribution is 5.99. The Kier molecular flexibility index (Phi) is 5.40. The molecule has 34 heavy (non-hydrogen) atoms. The molecule has 9 nitrogen and oxygen atoms in total. The van der Waals surface area contributed by atoms with Gasteiger partial charge in [0.15, 0.2) is 5.82 Å². The number of aromatic nitrogens is 2. The molecule has 2 aliphatic heterocycles. The first-order chi connectivity index (χ1) is 16.3. The standard InChI is InChI=1S/C24H27FN6O3/c1-12-10-30(3)11-18(12)31(24(32)33)19-7-14-6-15(20(25)21(26)17(14)9-28-19)16-8-29-23-22(13(16)2)27-4-5-34-23/h6-9,12,18,27H,4-5,10-11,26H2,1-3H3,(H,32,33)/t12-,18+/m1/s1. The van der Waals surface area contributed by atoms with E-state index < -0.39 is 11.9 Å². The summed E-state index contributed by atoms with van der Waals surface area (Å²) in [6, 6.07) is 3.11. The molecule has 1 aromatic carbocycles. The predicted octanol–water partition coefficient (Wildman–Crippen LogP) is 3.57. The van der Waals surface area contributed by atoms with Crippen molar-refractivity contribution >= 4 is 34.1 Å². The fourth-order valence-electron chi connectivity index (χ4n) is 5.04. The molecule has 2 atom stereocenters. The fraction of sp³-hybridized carbons (Fsp3) is 0.375. The second-order valence-electron chi connectivity index (χ2n) is 9.09. The van der Waals surface area contributed by atoms with Crippen LogP contribution in [0.15, 0.2) is 24.5 Å². The van der Waals surface area contributed by atoms with Crippen molar-refractivity contribution < 1.29 is 19.0 Å². The minimum Gasteiger partial charge on any atom is -0.474 e. The fourth-order valence-corrected chi connectivity index (χ4v) is 5.04. The molecule has 3 aromatic rings. The number of nitrogen functional groups attached to an aromatic ring is 1. The number of hydrogen-bond acceptors (Lipinski definition) is 7. The van der Waals surface area contributed by atoms with Crippen LogP contribution in [0.5, 0.6) is 5.88 Å². The van der Waals surface area contributed by atoms with Crippen LogP contribution in [0, 0.1) is 18.7 Å². The van der Waals surface area contributed by atoms with Gasteiger partial charge in [-0.05, 0) is 43.0 Å². The summed E-state index contributed by atoms with van der Waals surface area (Å²) in [6.45, 7) is 6.46. The van der Waals surface area contributed by atoms with Crippen LogP contribution in [0.3, 0.4) is 0 Å². The number of benzene rings is 1. The molecule has 1 amide bonds. The Morgan fingerprint density at radius 1 is 1.29 bits per heavy atom. The van der Waals surface area contributed by atoms with Crippen LogP contribution in [0.25, 0.3) is 21.9 Å². The van der Waals surface area contributed by atoms with Gasteiger partial charge in [-0.3, -0.25) is 4.90 Å². The van der Waals surface area contributed by atoms with Crippen LogP contribution in [0.1, 0.15) is 12.5 Å². The van der Waals surface area contributed by atoms with Crippen molar-refractivity contribution in [3.05, 3.63) is 35.9 Å². The van der Waals surface area contributed by atoms with Gasteiger partial charge in [-0.1, -0.05) is 6.92 Å². The number of anilines is 3. The Hall–Kier alpha value is -3.66. The van der Waals surface area contributed by atoms with Gasteiger partial charge in [-0.15, -0.1) is 0 Å². The van der Waals surface area contributed by atoms with E-state index in [1.807, 2.05) is 20.9 Å². The van der Waals surface area contributed by atoms with E-state index in [9.17, 15) is 9.90 Å².